The molecule has 0 aromatic heterocycles. The lowest BCUT2D eigenvalue weighted by atomic mass is 10.2. The smallest absolute Gasteiger partial charge is 0.261 e. The molecule has 0 spiro atoms. The number of amides is 1. The van der Waals surface area contributed by atoms with E-state index in [0.29, 0.717) is 0 Å². The van der Waals surface area contributed by atoms with E-state index in [0.717, 1.165) is 28.8 Å². The molecule has 18 heavy (non-hydrogen) atoms. The van der Waals surface area contributed by atoms with Crippen LogP contribution in [0.25, 0.3) is 0 Å². The fraction of sp³-hybridized carbons (Fsp3) is 0.462. The van der Waals surface area contributed by atoms with Gasteiger partial charge >= 0.3 is 0 Å². The Morgan fingerprint density at radius 2 is 2.22 bits per heavy atom. The van der Waals surface area contributed by atoms with Crippen molar-refractivity contribution in [3.05, 3.63) is 27.8 Å². The van der Waals surface area contributed by atoms with Crippen LogP contribution in [0.1, 0.15) is 13.3 Å². The van der Waals surface area contributed by atoms with Crippen molar-refractivity contribution in [3.8, 4) is 5.75 Å². The van der Waals surface area contributed by atoms with E-state index in [1.54, 1.807) is 6.92 Å². The molecule has 1 aliphatic heterocycles. The summed E-state index contributed by atoms with van der Waals surface area (Å²) >= 11 is 2.23. The van der Waals surface area contributed by atoms with Gasteiger partial charge in [-0.15, -0.1) is 0 Å². The third-order valence-electron chi connectivity index (χ3n) is 2.90. The van der Waals surface area contributed by atoms with E-state index < -0.39 is 6.10 Å². The molecule has 98 valence electrons. The molecular weight excluding hydrogens is 343 g/mol. The molecule has 0 radical (unpaired) electrons. The molecular formula is C13H17IN2O2. The molecule has 5 heteroatoms. The van der Waals surface area contributed by atoms with Gasteiger partial charge in [-0.05, 0) is 66.7 Å². The second-order valence-corrected chi connectivity index (χ2v) is 5.66. The zero-order chi connectivity index (χ0) is 13.0. The highest BCUT2D eigenvalue weighted by atomic mass is 127. The Morgan fingerprint density at radius 3 is 2.83 bits per heavy atom. The fourth-order valence-electron chi connectivity index (χ4n) is 1.87. The first-order chi connectivity index (χ1) is 8.65. The monoisotopic (exact) mass is 360 g/mol. The average Bonchev–Trinajstić information content (AvgIpc) is 2.85. The Kier molecular flexibility index (Phi) is 4.82. The molecule has 0 bridgehead atoms. The first-order valence-corrected chi connectivity index (χ1v) is 7.16. The number of rotatable bonds is 4. The number of hydrogen-bond donors (Lipinski definition) is 2. The van der Waals surface area contributed by atoms with Crippen LogP contribution in [0.3, 0.4) is 0 Å². The minimum Gasteiger partial charge on any atom is -0.481 e. The largest absolute Gasteiger partial charge is 0.481 e. The summed E-state index contributed by atoms with van der Waals surface area (Å²) in [6.07, 6.45) is 0.521. The van der Waals surface area contributed by atoms with Gasteiger partial charge in [-0.3, -0.25) is 4.79 Å². The van der Waals surface area contributed by atoms with Gasteiger partial charge in [-0.25, -0.2) is 0 Å². The molecule has 2 rings (SSSR count). The highest BCUT2D eigenvalue weighted by Gasteiger charge is 2.21. The molecule has 0 saturated carbocycles. The van der Waals surface area contributed by atoms with E-state index in [4.69, 9.17) is 4.74 Å². The Balaban J connectivity index is 1.84. The highest BCUT2D eigenvalue weighted by molar-refractivity contribution is 14.1. The summed E-state index contributed by atoms with van der Waals surface area (Å²) in [7, 11) is 0. The molecule has 1 amide bonds. The Labute approximate surface area is 121 Å². The van der Waals surface area contributed by atoms with Crippen molar-refractivity contribution in [2.24, 2.45) is 0 Å². The lowest BCUT2D eigenvalue weighted by molar-refractivity contribution is -0.127. The van der Waals surface area contributed by atoms with E-state index in [2.05, 4.69) is 33.2 Å². The van der Waals surface area contributed by atoms with Gasteiger partial charge in [-0.1, -0.05) is 0 Å². The Hall–Kier alpha value is -0.820. The molecule has 1 unspecified atom stereocenters. The van der Waals surface area contributed by atoms with Crippen LogP contribution in [-0.2, 0) is 4.79 Å². The quantitative estimate of drug-likeness (QED) is 0.801. The minimum atomic E-state index is -0.467. The van der Waals surface area contributed by atoms with Crippen LogP contribution in [0.4, 0.5) is 0 Å². The SMILES string of the molecule is C[C@H](Oc1ccc(I)cc1)C(=O)NC1CCNC1. The molecule has 1 aromatic carbocycles. The number of nitrogens with one attached hydrogen (secondary N) is 2. The van der Waals surface area contributed by atoms with Crippen LogP contribution in [0, 0.1) is 3.57 Å². The normalized spacial score (nSPS) is 20.4. The van der Waals surface area contributed by atoms with Crippen molar-refractivity contribution >= 4 is 28.5 Å². The van der Waals surface area contributed by atoms with Crippen molar-refractivity contribution in [2.75, 3.05) is 13.1 Å². The summed E-state index contributed by atoms with van der Waals surface area (Å²) in [6.45, 7) is 3.59. The maximum Gasteiger partial charge on any atom is 0.261 e. The van der Waals surface area contributed by atoms with Crippen LogP contribution in [-0.4, -0.2) is 31.1 Å². The molecule has 1 heterocycles. The second-order valence-electron chi connectivity index (χ2n) is 4.41. The number of ether oxygens (including phenoxy) is 1. The summed E-state index contributed by atoms with van der Waals surface area (Å²) in [5.74, 6) is 0.671. The van der Waals surface area contributed by atoms with Gasteiger partial charge in [0.1, 0.15) is 5.75 Å². The van der Waals surface area contributed by atoms with Crippen LogP contribution < -0.4 is 15.4 Å². The van der Waals surface area contributed by atoms with Crippen LogP contribution in [0.15, 0.2) is 24.3 Å². The number of benzene rings is 1. The third kappa shape index (κ3) is 3.84. The van der Waals surface area contributed by atoms with Gasteiger partial charge < -0.3 is 15.4 Å². The van der Waals surface area contributed by atoms with Crippen molar-refractivity contribution < 1.29 is 9.53 Å². The minimum absolute atomic E-state index is 0.0535. The number of carbonyl (C=O) groups excluding carboxylic acids is 1. The van der Waals surface area contributed by atoms with Crippen molar-refractivity contribution in [1.29, 1.82) is 0 Å². The van der Waals surface area contributed by atoms with E-state index in [1.165, 1.54) is 0 Å². The lowest BCUT2D eigenvalue weighted by Gasteiger charge is -2.17. The summed E-state index contributed by atoms with van der Waals surface area (Å²) in [5, 5.41) is 6.20. The predicted molar refractivity (Wildman–Crippen MR) is 78.7 cm³/mol. The Morgan fingerprint density at radius 1 is 1.50 bits per heavy atom. The number of hydrogen-bond acceptors (Lipinski definition) is 3. The average molecular weight is 360 g/mol. The van der Waals surface area contributed by atoms with Crippen molar-refractivity contribution in [3.63, 3.8) is 0 Å². The van der Waals surface area contributed by atoms with Gasteiger partial charge in [0, 0.05) is 16.2 Å². The van der Waals surface area contributed by atoms with Gasteiger partial charge in [0.15, 0.2) is 6.10 Å². The first-order valence-electron chi connectivity index (χ1n) is 6.08. The maximum absolute atomic E-state index is 11.9. The summed E-state index contributed by atoms with van der Waals surface area (Å²) in [5.41, 5.74) is 0. The molecule has 1 saturated heterocycles. The van der Waals surface area contributed by atoms with Crippen molar-refractivity contribution in [2.45, 2.75) is 25.5 Å². The molecule has 2 atom stereocenters. The molecule has 0 aliphatic carbocycles. The second kappa shape index (κ2) is 6.38. The lowest BCUT2D eigenvalue weighted by Crippen LogP contribution is -2.43. The predicted octanol–water partition coefficient (Wildman–Crippen LogP) is 1.54. The summed E-state index contributed by atoms with van der Waals surface area (Å²) in [4.78, 5) is 11.9. The first kappa shape index (κ1) is 13.6. The highest BCUT2D eigenvalue weighted by Crippen LogP contribution is 2.15. The molecule has 1 fully saturated rings. The number of halogens is 1. The van der Waals surface area contributed by atoms with Gasteiger partial charge in [0.05, 0.1) is 0 Å². The zero-order valence-corrected chi connectivity index (χ0v) is 12.4. The molecule has 1 aliphatic rings. The van der Waals surface area contributed by atoms with E-state index >= 15 is 0 Å². The molecule has 4 nitrogen and oxygen atoms in total. The standard InChI is InChI=1S/C13H17IN2O2/c1-9(13(17)16-11-6-7-15-8-11)18-12-4-2-10(14)3-5-12/h2-5,9,11,15H,6-8H2,1H3,(H,16,17)/t9-,11?/m0/s1. The fourth-order valence-corrected chi connectivity index (χ4v) is 2.23. The number of carbonyl (C=O) groups is 1. The zero-order valence-electron chi connectivity index (χ0n) is 10.3. The van der Waals surface area contributed by atoms with Crippen molar-refractivity contribution in [1.82, 2.24) is 10.6 Å². The summed E-state index contributed by atoms with van der Waals surface area (Å²) in [6, 6.07) is 7.91. The van der Waals surface area contributed by atoms with E-state index in [1.807, 2.05) is 24.3 Å². The van der Waals surface area contributed by atoms with Gasteiger partial charge in [0.2, 0.25) is 0 Å². The van der Waals surface area contributed by atoms with Gasteiger partial charge in [0.25, 0.3) is 5.91 Å². The Bertz CT molecular complexity index is 402. The van der Waals surface area contributed by atoms with Crippen LogP contribution >= 0.6 is 22.6 Å². The summed E-state index contributed by atoms with van der Waals surface area (Å²) < 4.78 is 6.75. The topological polar surface area (TPSA) is 50.4 Å². The van der Waals surface area contributed by atoms with Crippen LogP contribution in [0.5, 0.6) is 5.75 Å². The molecule has 1 aromatic rings. The van der Waals surface area contributed by atoms with E-state index in [-0.39, 0.29) is 11.9 Å². The third-order valence-corrected chi connectivity index (χ3v) is 3.62. The maximum atomic E-state index is 11.9. The van der Waals surface area contributed by atoms with Crippen LogP contribution in [0.2, 0.25) is 0 Å². The van der Waals surface area contributed by atoms with E-state index in [9.17, 15) is 4.79 Å². The molecule has 2 N–H and O–H groups in total. The van der Waals surface area contributed by atoms with Gasteiger partial charge in [-0.2, -0.15) is 0 Å².